The molecular formula is C20H21Cl2N2O. The van der Waals surface area contributed by atoms with Crippen molar-refractivity contribution in [1.82, 2.24) is 9.61 Å². The Hall–Kier alpha value is -1.45. The number of oxazole rings is 1. The molecule has 1 radical (unpaired) electrons. The molecule has 2 aromatic heterocycles. The van der Waals surface area contributed by atoms with E-state index in [0.717, 1.165) is 40.6 Å². The largest absolute Gasteiger partial charge is 0.441 e. The van der Waals surface area contributed by atoms with Crippen molar-refractivity contribution < 1.29 is 4.42 Å². The van der Waals surface area contributed by atoms with Crippen molar-refractivity contribution in [3.05, 3.63) is 51.7 Å². The number of fused-ring (bicyclic) bond motifs is 1. The third kappa shape index (κ3) is 3.09. The smallest absolute Gasteiger partial charge is 0.225 e. The quantitative estimate of drug-likeness (QED) is 0.516. The molecule has 0 N–H and O–H groups in total. The molecular weight excluding hydrogens is 355 g/mol. The van der Waals surface area contributed by atoms with Crippen molar-refractivity contribution in [2.75, 3.05) is 0 Å². The lowest BCUT2D eigenvalue weighted by Crippen LogP contribution is -2.10. The summed E-state index contributed by atoms with van der Waals surface area (Å²) in [5, 5.41) is 5.79. The summed E-state index contributed by atoms with van der Waals surface area (Å²) in [5.74, 6) is 3.84. The van der Waals surface area contributed by atoms with Crippen LogP contribution in [0.1, 0.15) is 38.0 Å². The summed E-state index contributed by atoms with van der Waals surface area (Å²) in [4.78, 5) is 0. The Morgan fingerprint density at radius 1 is 1.36 bits per heavy atom. The van der Waals surface area contributed by atoms with E-state index in [9.17, 15) is 0 Å². The van der Waals surface area contributed by atoms with Crippen LogP contribution in [0.3, 0.4) is 0 Å². The summed E-state index contributed by atoms with van der Waals surface area (Å²) in [7, 11) is 0. The topological polar surface area (TPSA) is 30.4 Å². The van der Waals surface area contributed by atoms with Gasteiger partial charge in [0.2, 0.25) is 5.71 Å². The van der Waals surface area contributed by atoms with Crippen LogP contribution in [-0.4, -0.2) is 9.61 Å². The number of rotatable bonds is 5. The van der Waals surface area contributed by atoms with E-state index in [1.165, 1.54) is 18.8 Å². The van der Waals surface area contributed by atoms with E-state index in [0.29, 0.717) is 16.0 Å². The van der Waals surface area contributed by atoms with Crippen molar-refractivity contribution in [3.63, 3.8) is 0 Å². The number of benzene rings is 1. The van der Waals surface area contributed by atoms with Crippen LogP contribution < -0.4 is 0 Å². The van der Waals surface area contributed by atoms with Crippen LogP contribution in [0.25, 0.3) is 17.0 Å². The molecule has 0 bridgehead atoms. The molecule has 3 nitrogen and oxygen atoms in total. The molecule has 25 heavy (non-hydrogen) atoms. The second-order valence-electron chi connectivity index (χ2n) is 7.17. The molecule has 4 rings (SSSR count). The molecule has 1 aliphatic rings. The van der Waals surface area contributed by atoms with Gasteiger partial charge in [-0.05, 0) is 62.1 Å². The Kier molecular flexibility index (Phi) is 4.33. The first-order valence-electron chi connectivity index (χ1n) is 8.69. The van der Waals surface area contributed by atoms with Crippen LogP contribution in [0, 0.1) is 24.7 Å². The predicted octanol–water partition coefficient (Wildman–Crippen LogP) is 6.39. The standard InChI is InChI=1S/C20H21Cl2N2O/c1-11(12(2)14-4-5-14)8-15-10-23-24-19(13(3)25-20(15)24)17-7-6-16(21)9-18(17)22/h6-7,9-10,12,14H,4-5,8H2,1-3H3. The zero-order valence-electron chi connectivity index (χ0n) is 14.6. The lowest BCUT2D eigenvalue weighted by molar-refractivity contribution is 0.507. The van der Waals surface area contributed by atoms with Gasteiger partial charge in [-0.15, -0.1) is 0 Å². The molecule has 5 heteroatoms. The molecule has 1 fully saturated rings. The van der Waals surface area contributed by atoms with E-state index >= 15 is 0 Å². The van der Waals surface area contributed by atoms with E-state index in [4.69, 9.17) is 27.6 Å². The summed E-state index contributed by atoms with van der Waals surface area (Å²) < 4.78 is 7.92. The third-order valence-corrected chi connectivity index (χ3v) is 5.90. The lowest BCUT2D eigenvalue weighted by Gasteiger charge is -2.17. The van der Waals surface area contributed by atoms with Crippen LogP contribution in [0.2, 0.25) is 10.0 Å². The first-order chi connectivity index (χ1) is 12.0. The highest BCUT2D eigenvalue weighted by Crippen LogP contribution is 2.42. The first-order valence-corrected chi connectivity index (χ1v) is 9.45. The van der Waals surface area contributed by atoms with E-state index < -0.39 is 0 Å². The second-order valence-corrected chi connectivity index (χ2v) is 8.01. The van der Waals surface area contributed by atoms with E-state index in [1.54, 1.807) is 6.07 Å². The second kappa shape index (κ2) is 6.37. The number of aryl methyl sites for hydroxylation is 1. The van der Waals surface area contributed by atoms with Crippen LogP contribution in [0.4, 0.5) is 0 Å². The molecule has 0 spiro atoms. The molecule has 3 aromatic rings. The molecule has 1 aromatic carbocycles. The highest BCUT2D eigenvalue weighted by molar-refractivity contribution is 6.36. The molecule has 1 aliphatic carbocycles. The third-order valence-electron chi connectivity index (χ3n) is 5.35. The van der Waals surface area contributed by atoms with Gasteiger partial charge in [0.1, 0.15) is 11.5 Å². The molecule has 0 aliphatic heterocycles. The minimum atomic E-state index is 0.598. The van der Waals surface area contributed by atoms with Gasteiger partial charge in [-0.25, -0.2) is 0 Å². The van der Waals surface area contributed by atoms with Crippen molar-refractivity contribution in [2.45, 2.75) is 40.0 Å². The fourth-order valence-electron chi connectivity index (χ4n) is 3.55. The Morgan fingerprint density at radius 3 is 2.80 bits per heavy atom. The van der Waals surface area contributed by atoms with Crippen molar-refractivity contribution >= 4 is 28.9 Å². The van der Waals surface area contributed by atoms with Crippen molar-refractivity contribution in [3.8, 4) is 11.3 Å². The minimum absolute atomic E-state index is 0.598. The fourth-order valence-corrected chi connectivity index (χ4v) is 4.05. The highest BCUT2D eigenvalue weighted by atomic mass is 35.5. The van der Waals surface area contributed by atoms with Crippen molar-refractivity contribution in [2.24, 2.45) is 11.8 Å². The van der Waals surface area contributed by atoms with Gasteiger partial charge in [-0.2, -0.15) is 9.61 Å². The minimum Gasteiger partial charge on any atom is -0.441 e. The van der Waals surface area contributed by atoms with E-state index in [2.05, 4.69) is 18.9 Å². The van der Waals surface area contributed by atoms with Gasteiger partial charge in [0.25, 0.3) is 0 Å². The zero-order valence-corrected chi connectivity index (χ0v) is 16.2. The average Bonchev–Trinajstić information content (AvgIpc) is 3.28. The fraction of sp³-hybridized carbons (Fsp3) is 0.400. The molecule has 1 saturated carbocycles. The molecule has 131 valence electrons. The van der Waals surface area contributed by atoms with Gasteiger partial charge in [-0.1, -0.05) is 37.0 Å². The predicted molar refractivity (Wildman–Crippen MR) is 102 cm³/mol. The average molecular weight is 376 g/mol. The van der Waals surface area contributed by atoms with Gasteiger partial charge >= 0.3 is 0 Å². The number of nitrogens with zero attached hydrogens (tertiary/aromatic N) is 2. The summed E-state index contributed by atoms with van der Waals surface area (Å²) in [6.07, 6.45) is 5.54. The van der Waals surface area contributed by atoms with Gasteiger partial charge in [0.15, 0.2) is 0 Å². The Morgan fingerprint density at radius 2 is 2.12 bits per heavy atom. The first kappa shape index (κ1) is 17.0. The zero-order chi connectivity index (χ0) is 17.7. The number of halogens is 2. The number of aromatic nitrogens is 2. The van der Waals surface area contributed by atoms with Gasteiger partial charge in [-0.3, -0.25) is 0 Å². The normalized spacial score (nSPS) is 16.1. The van der Waals surface area contributed by atoms with E-state index in [-0.39, 0.29) is 0 Å². The highest BCUT2D eigenvalue weighted by Gasteiger charge is 2.32. The molecule has 1 unspecified atom stereocenters. The lowest BCUT2D eigenvalue weighted by atomic mass is 9.87. The van der Waals surface area contributed by atoms with E-state index in [1.807, 2.05) is 29.8 Å². The van der Waals surface area contributed by atoms with Gasteiger partial charge in [0, 0.05) is 16.1 Å². The van der Waals surface area contributed by atoms with Crippen LogP contribution >= 0.6 is 23.2 Å². The van der Waals surface area contributed by atoms with Crippen LogP contribution in [0.5, 0.6) is 0 Å². The molecule has 2 heterocycles. The number of hydrogen-bond acceptors (Lipinski definition) is 2. The Bertz CT molecular complexity index is 923. The van der Waals surface area contributed by atoms with Crippen LogP contribution in [0.15, 0.2) is 28.8 Å². The number of hydrogen-bond donors (Lipinski definition) is 0. The maximum Gasteiger partial charge on any atom is 0.225 e. The molecule has 0 saturated heterocycles. The van der Waals surface area contributed by atoms with Crippen molar-refractivity contribution in [1.29, 1.82) is 0 Å². The monoisotopic (exact) mass is 375 g/mol. The molecule has 0 amide bonds. The summed E-state index contributed by atoms with van der Waals surface area (Å²) in [5.41, 5.74) is 3.70. The Balaban J connectivity index is 1.71. The van der Waals surface area contributed by atoms with Gasteiger partial charge < -0.3 is 4.42 Å². The Labute approximate surface area is 157 Å². The SMILES string of the molecule is C[C](Cc1cnn2c(-c3ccc(Cl)cc3Cl)c(C)oc12)C(C)C1CC1. The maximum absolute atomic E-state index is 6.40. The summed E-state index contributed by atoms with van der Waals surface area (Å²) in [6, 6.07) is 5.49. The summed E-state index contributed by atoms with van der Waals surface area (Å²) in [6.45, 7) is 6.53. The maximum atomic E-state index is 6.40. The van der Waals surface area contributed by atoms with Crippen LogP contribution in [-0.2, 0) is 6.42 Å². The van der Waals surface area contributed by atoms with Gasteiger partial charge in [0.05, 0.1) is 11.2 Å². The molecule has 1 atom stereocenters. The summed E-state index contributed by atoms with van der Waals surface area (Å²) >= 11 is 12.4.